The van der Waals surface area contributed by atoms with Crippen molar-refractivity contribution in [2.24, 2.45) is 0 Å². The molecule has 2 aromatic heterocycles. The van der Waals surface area contributed by atoms with E-state index >= 15 is 0 Å². The van der Waals surface area contributed by atoms with Crippen molar-refractivity contribution in [2.75, 3.05) is 7.11 Å². The number of carbonyl (C=O) groups excluding carboxylic acids is 1. The number of hydrogen-bond donors (Lipinski definition) is 2. The molecule has 0 aliphatic carbocycles. The van der Waals surface area contributed by atoms with E-state index in [1.165, 1.54) is 0 Å². The number of aromatic nitrogens is 3. The molecular formula is C18H20N4O2S2. The molecule has 0 fully saturated rings. The fraction of sp³-hybridized carbons (Fsp3) is 0.278. The summed E-state index contributed by atoms with van der Waals surface area (Å²) in [7, 11) is 1.63. The summed E-state index contributed by atoms with van der Waals surface area (Å²) in [6.07, 6.45) is 0.326. The second kappa shape index (κ2) is 8.29. The lowest BCUT2D eigenvalue weighted by Gasteiger charge is -2.13. The molecule has 3 rings (SSSR count). The van der Waals surface area contributed by atoms with Crippen LogP contribution in [0.15, 0.2) is 41.8 Å². The summed E-state index contributed by atoms with van der Waals surface area (Å²) < 4.78 is 7.51. The van der Waals surface area contributed by atoms with E-state index in [1.54, 1.807) is 18.4 Å². The molecule has 0 saturated carbocycles. The Balaban J connectivity index is 1.67. The monoisotopic (exact) mass is 388 g/mol. The van der Waals surface area contributed by atoms with Gasteiger partial charge < -0.3 is 10.1 Å². The number of thiophene rings is 1. The van der Waals surface area contributed by atoms with Crippen molar-refractivity contribution in [2.45, 2.75) is 25.9 Å². The summed E-state index contributed by atoms with van der Waals surface area (Å²) in [6.45, 7) is 2.44. The van der Waals surface area contributed by atoms with E-state index in [9.17, 15) is 4.79 Å². The minimum Gasteiger partial charge on any atom is -0.497 e. The van der Waals surface area contributed by atoms with Crippen LogP contribution in [0.2, 0.25) is 0 Å². The highest BCUT2D eigenvalue weighted by molar-refractivity contribution is 7.71. The first-order valence-corrected chi connectivity index (χ1v) is 9.49. The fourth-order valence-corrected chi connectivity index (χ4v) is 3.58. The number of benzene rings is 1. The average Bonchev–Trinajstić information content (AvgIpc) is 3.30. The van der Waals surface area contributed by atoms with Crippen molar-refractivity contribution >= 4 is 29.5 Å². The molecule has 0 spiro atoms. The Bertz CT molecular complexity index is 914. The van der Waals surface area contributed by atoms with Gasteiger partial charge in [0.05, 0.1) is 13.2 Å². The van der Waals surface area contributed by atoms with Gasteiger partial charge in [-0.15, -0.1) is 11.3 Å². The van der Waals surface area contributed by atoms with Crippen LogP contribution < -0.4 is 10.1 Å². The molecule has 1 amide bonds. The maximum Gasteiger partial charge on any atom is 0.222 e. The predicted octanol–water partition coefficient (Wildman–Crippen LogP) is 3.95. The maximum atomic E-state index is 12.3. The number of nitrogens with zero attached hydrogens (tertiary/aromatic N) is 2. The number of aromatic amines is 1. The third-order valence-electron chi connectivity index (χ3n) is 4.02. The molecule has 2 heterocycles. The molecule has 1 unspecified atom stereocenters. The number of H-pyrrole nitrogens is 1. The van der Waals surface area contributed by atoms with Crippen LogP contribution in [0, 0.1) is 4.77 Å². The molecule has 3 aromatic rings. The van der Waals surface area contributed by atoms with Gasteiger partial charge in [-0.1, -0.05) is 6.07 Å². The molecule has 0 aliphatic rings. The third-order valence-corrected chi connectivity index (χ3v) is 5.38. The van der Waals surface area contributed by atoms with Gasteiger partial charge in [0, 0.05) is 23.4 Å². The van der Waals surface area contributed by atoms with Crippen LogP contribution in [0.1, 0.15) is 24.3 Å². The van der Waals surface area contributed by atoms with E-state index in [1.807, 2.05) is 53.3 Å². The molecule has 8 heteroatoms. The first-order chi connectivity index (χ1) is 12.6. The van der Waals surface area contributed by atoms with Crippen molar-refractivity contribution in [1.29, 1.82) is 0 Å². The first-order valence-electron chi connectivity index (χ1n) is 8.21. The minimum atomic E-state index is -0.0188. The minimum absolute atomic E-state index is 0.000815. The number of rotatable bonds is 7. The summed E-state index contributed by atoms with van der Waals surface area (Å²) in [5, 5.41) is 12.1. The molecule has 0 aliphatic heterocycles. The van der Waals surface area contributed by atoms with Crippen molar-refractivity contribution in [3.05, 3.63) is 51.4 Å². The highest BCUT2D eigenvalue weighted by Crippen LogP contribution is 2.21. The van der Waals surface area contributed by atoms with Crippen LogP contribution in [-0.2, 0) is 11.3 Å². The number of amides is 1. The average molecular weight is 389 g/mol. The van der Waals surface area contributed by atoms with Gasteiger partial charge in [-0.3, -0.25) is 14.5 Å². The molecule has 0 saturated heterocycles. The second-order valence-electron chi connectivity index (χ2n) is 5.79. The van der Waals surface area contributed by atoms with Crippen molar-refractivity contribution in [1.82, 2.24) is 20.1 Å². The van der Waals surface area contributed by atoms with Crippen LogP contribution in [0.5, 0.6) is 5.75 Å². The van der Waals surface area contributed by atoms with Gasteiger partial charge in [-0.2, -0.15) is 5.10 Å². The summed E-state index contributed by atoms with van der Waals surface area (Å²) in [4.78, 5) is 13.4. The Morgan fingerprint density at radius 1 is 1.38 bits per heavy atom. The number of ether oxygens (including phenoxy) is 1. The largest absolute Gasteiger partial charge is 0.497 e. The normalized spacial score (nSPS) is 11.9. The van der Waals surface area contributed by atoms with E-state index in [-0.39, 0.29) is 11.9 Å². The van der Waals surface area contributed by atoms with Gasteiger partial charge in [0.2, 0.25) is 5.91 Å². The zero-order valence-corrected chi connectivity index (χ0v) is 16.2. The molecule has 0 radical (unpaired) electrons. The number of carbonyl (C=O) groups is 1. The second-order valence-corrected chi connectivity index (χ2v) is 7.15. The van der Waals surface area contributed by atoms with E-state index in [0.717, 1.165) is 16.2 Å². The Hall–Kier alpha value is -2.45. The number of nitrogens with one attached hydrogen (secondary N) is 2. The van der Waals surface area contributed by atoms with Gasteiger partial charge in [0.15, 0.2) is 10.6 Å². The summed E-state index contributed by atoms with van der Waals surface area (Å²) in [5.41, 5.74) is 0.908. The quantitative estimate of drug-likeness (QED) is 0.601. The van der Waals surface area contributed by atoms with Crippen LogP contribution in [0.4, 0.5) is 0 Å². The van der Waals surface area contributed by atoms with Crippen LogP contribution >= 0.6 is 23.6 Å². The first kappa shape index (κ1) is 18.3. The lowest BCUT2D eigenvalue weighted by Crippen LogP contribution is -2.27. The maximum absolute atomic E-state index is 12.3. The predicted molar refractivity (Wildman–Crippen MR) is 105 cm³/mol. The van der Waals surface area contributed by atoms with Gasteiger partial charge in [-0.25, -0.2) is 0 Å². The molecule has 136 valence electrons. The third kappa shape index (κ3) is 4.20. The molecule has 6 nitrogen and oxygen atoms in total. The van der Waals surface area contributed by atoms with Crippen LogP contribution in [-0.4, -0.2) is 27.8 Å². The number of hydrogen-bond acceptors (Lipinski definition) is 5. The molecule has 2 N–H and O–H groups in total. The van der Waals surface area contributed by atoms with Crippen LogP contribution in [0.25, 0.3) is 11.4 Å². The fourth-order valence-electron chi connectivity index (χ4n) is 2.62. The van der Waals surface area contributed by atoms with E-state index in [4.69, 9.17) is 17.0 Å². The van der Waals surface area contributed by atoms with E-state index in [2.05, 4.69) is 15.5 Å². The standard InChI is InChI=1S/C18H20N4O2S2/c1-12(15-4-3-11-26-15)19-16(23)9-10-22-17(20-21-18(22)25)13-5-7-14(24-2)8-6-13/h3-8,11-12H,9-10H2,1-2H3,(H,19,23)(H,21,25). The SMILES string of the molecule is COc1ccc(-c2n[nH]c(=S)n2CCC(=O)NC(C)c2cccs2)cc1. The van der Waals surface area contributed by atoms with Crippen molar-refractivity contribution in [3.63, 3.8) is 0 Å². The Morgan fingerprint density at radius 3 is 2.81 bits per heavy atom. The lowest BCUT2D eigenvalue weighted by molar-refractivity contribution is -0.121. The molecular weight excluding hydrogens is 368 g/mol. The highest BCUT2D eigenvalue weighted by Gasteiger charge is 2.13. The summed E-state index contributed by atoms with van der Waals surface area (Å²) in [5.74, 6) is 1.46. The Labute approximate surface area is 160 Å². The van der Waals surface area contributed by atoms with E-state index < -0.39 is 0 Å². The molecule has 0 bridgehead atoms. The summed E-state index contributed by atoms with van der Waals surface area (Å²) in [6, 6.07) is 11.6. The Morgan fingerprint density at radius 2 is 2.15 bits per heavy atom. The summed E-state index contributed by atoms with van der Waals surface area (Å²) >= 11 is 6.95. The zero-order chi connectivity index (χ0) is 18.5. The van der Waals surface area contributed by atoms with Crippen molar-refractivity contribution < 1.29 is 9.53 Å². The zero-order valence-electron chi connectivity index (χ0n) is 14.6. The van der Waals surface area contributed by atoms with Gasteiger partial charge in [-0.05, 0) is 54.9 Å². The topological polar surface area (TPSA) is 71.9 Å². The Kier molecular flexibility index (Phi) is 5.85. The number of methoxy groups -OCH3 is 1. The smallest absolute Gasteiger partial charge is 0.222 e. The molecule has 1 atom stereocenters. The van der Waals surface area contributed by atoms with E-state index in [0.29, 0.717) is 23.6 Å². The molecule has 26 heavy (non-hydrogen) atoms. The van der Waals surface area contributed by atoms with Crippen LogP contribution in [0.3, 0.4) is 0 Å². The van der Waals surface area contributed by atoms with Gasteiger partial charge >= 0.3 is 0 Å². The highest BCUT2D eigenvalue weighted by atomic mass is 32.1. The molecule has 1 aromatic carbocycles. The van der Waals surface area contributed by atoms with Gasteiger partial charge in [0.25, 0.3) is 0 Å². The van der Waals surface area contributed by atoms with Crippen molar-refractivity contribution in [3.8, 4) is 17.1 Å². The lowest BCUT2D eigenvalue weighted by atomic mass is 10.2. The van der Waals surface area contributed by atoms with Gasteiger partial charge in [0.1, 0.15) is 5.75 Å².